The van der Waals surface area contributed by atoms with Crippen LogP contribution in [0.2, 0.25) is 0 Å². The lowest BCUT2D eigenvalue weighted by Crippen LogP contribution is -2.46. The fourth-order valence-corrected chi connectivity index (χ4v) is 3.98. The topological polar surface area (TPSA) is 81.8 Å². The number of likely N-dealkylation sites (tertiary alicyclic amines) is 1. The average molecular weight is 415 g/mol. The molecule has 7 nitrogen and oxygen atoms in total. The van der Waals surface area contributed by atoms with Crippen LogP contribution >= 0.6 is 11.3 Å². The number of piperidine rings is 1. The SMILES string of the molecule is CC(=O)N(C)C1CCN(CC(=O)Nc2ccc(NC(=O)c3cccs3)cc2)CC1. The van der Waals surface area contributed by atoms with Crippen LogP contribution in [0.4, 0.5) is 11.4 Å². The molecule has 1 aromatic heterocycles. The second kappa shape index (κ2) is 9.67. The van der Waals surface area contributed by atoms with E-state index in [1.807, 2.05) is 18.5 Å². The van der Waals surface area contributed by atoms with Crippen LogP contribution in [0.15, 0.2) is 41.8 Å². The summed E-state index contributed by atoms with van der Waals surface area (Å²) in [5.74, 6) is -0.134. The first-order chi connectivity index (χ1) is 13.9. The van der Waals surface area contributed by atoms with Crippen molar-refractivity contribution in [3.63, 3.8) is 0 Å². The van der Waals surface area contributed by atoms with Crippen LogP contribution in [0, 0.1) is 0 Å². The highest BCUT2D eigenvalue weighted by Gasteiger charge is 2.24. The second-order valence-electron chi connectivity index (χ2n) is 7.19. The molecule has 0 bridgehead atoms. The van der Waals surface area contributed by atoms with Gasteiger partial charge in [-0.25, -0.2) is 0 Å². The van der Waals surface area contributed by atoms with E-state index < -0.39 is 0 Å². The number of thiophene rings is 1. The Bertz CT molecular complexity index is 843. The molecule has 0 atom stereocenters. The van der Waals surface area contributed by atoms with Crippen LogP contribution in [0.25, 0.3) is 0 Å². The normalized spacial score (nSPS) is 15.0. The summed E-state index contributed by atoms with van der Waals surface area (Å²) in [4.78, 5) is 40.4. The van der Waals surface area contributed by atoms with Gasteiger partial charge in [0.2, 0.25) is 11.8 Å². The highest BCUT2D eigenvalue weighted by molar-refractivity contribution is 7.12. The predicted octanol–water partition coefficient (Wildman–Crippen LogP) is 2.88. The van der Waals surface area contributed by atoms with Crippen molar-refractivity contribution in [2.45, 2.75) is 25.8 Å². The Balaban J connectivity index is 1.44. The summed E-state index contributed by atoms with van der Waals surface area (Å²) in [5, 5.41) is 7.59. The van der Waals surface area contributed by atoms with Crippen LogP contribution in [-0.4, -0.2) is 60.2 Å². The number of anilines is 2. The number of amides is 3. The van der Waals surface area contributed by atoms with Crippen LogP contribution in [0.5, 0.6) is 0 Å². The fraction of sp³-hybridized carbons (Fsp3) is 0.381. The third kappa shape index (κ3) is 5.88. The molecule has 154 valence electrons. The van der Waals surface area contributed by atoms with E-state index >= 15 is 0 Å². The Kier molecular flexibility index (Phi) is 7.00. The van der Waals surface area contributed by atoms with E-state index in [9.17, 15) is 14.4 Å². The third-order valence-electron chi connectivity index (χ3n) is 5.14. The Morgan fingerprint density at radius 2 is 1.69 bits per heavy atom. The van der Waals surface area contributed by atoms with Gasteiger partial charge in [-0.15, -0.1) is 11.3 Å². The molecule has 2 aromatic rings. The Morgan fingerprint density at radius 1 is 1.07 bits per heavy atom. The minimum atomic E-state index is -0.143. The minimum Gasteiger partial charge on any atom is -0.343 e. The number of rotatable bonds is 6. The van der Waals surface area contributed by atoms with Crippen molar-refractivity contribution in [2.24, 2.45) is 0 Å². The standard InChI is InChI=1S/C21H26N4O3S/c1-15(26)24(2)18-9-11-25(12-10-18)14-20(27)22-16-5-7-17(8-6-16)23-21(28)19-4-3-13-29-19/h3-8,13,18H,9-12,14H2,1-2H3,(H,22,27)(H,23,28). The lowest BCUT2D eigenvalue weighted by Gasteiger charge is -2.36. The number of hydrogen-bond donors (Lipinski definition) is 2. The lowest BCUT2D eigenvalue weighted by atomic mass is 10.0. The number of carbonyl (C=O) groups is 3. The zero-order valence-corrected chi connectivity index (χ0v) is 17.5. The third-order valence-corrected chi connectivity index (χ3v) is 6.01. The smallest absolute Gasteiger partial charge is 0.265 e. The van der Waals surface area contributed by atoms with E-state index in [2.05, 4.69) is 15.5 Å². The predicted molar refractivity (Wildman–Crippen MR) is 115 cm³/mol. The number of benzene rings is 1. The molecule has 1 aliphatic heterocycles. The van der Waals surface area contributed by atoms with Crippen molar-refractivity contribution >= 4 is 40.4 Å². The molecule has 2 heterocycles. The number of nitrogens with zero attached hydrogens (tertiary/aromatic N) is 2. The molecule has 1 aliphatic rings. The maximum absolute atomic E-state index is 12.3. The van der Waals surface area contributed by atoms with Gasteiger partial charge >= 0.3 is 0 Å². The maximum Gasteiger partial charge on any atom is 0.265 e. The van der Waals surface area contributed by atoms with E-state index in [4.69, 9.17) is 0 Å². The number of carbonyl (C=O) groups excluding carboxylic acids is 3. The van der Waals surface area contributed by atoms with E-state index in [-0.39, 0.29) is 23.8 Å². The molecule has 0 radical (unpaired) electrons. The first kappa shape index (κ1) is 21.0. The molecule has 8 heteroatoms. The maximum atomic E-state index is 12.3. The molecule has 1 aromatic carbocycles. The van der Waals surface area contributed by atoms with Gasteiger partial charge < -0.3 is 15.5 Å². The Morgan fingerprint density at radius 3 is 2.24 bits per heavy atom. The van der Waals surface area contributed by atoms with Crippen LogP contribution in [0.1, 0.15) is 29.4 Å². The molecule has 3 amide bonds. The average Bonchev–Trinajstić information content (AvgIpc) is 3.24. The number of hydrogen-bond acceptors (Lipinski definition) is 5. The van der Waals surface area contributed by atoms with Crippen LogP contribution in [0.3, 0.4) is 0 Å². The van der Waals surface area contributed by atoms with Crippen LogP contribution in [-0.2, 0) is 9.59 Å². The molecule has 0 unspecified atom stereocenters. The second-order valence-corrected chi connectivity index (χ2v) is 8.14. The highest BCUT2D eigenvalue weighted by Crippen LogP contribution is 2.18. The van der Waals surface area contributed by atoms with Gasteiger partial charge in [0.25, 0.3) is 5.91 Å². The summed E-state index contributed by atoms with van der Waals surface area (Å²) in [5.41, 5.74) is 1.37. The molecular formula is C21H26N4O3S. The summed E-state index contributed by atoms with van der Waals surface area (Å²) >= 11 is 1.39. The van der Waals surface area contributed by atoms with E-state index in [0.29, 0.717) is 22.8 Å². The molecule has 1 fully saturated rings. The zero-order chi connectivity index (χ0) is 20.8. The van der Waals surface area contributed by atoms with E-state index in [0.717, 1.165) is 25.9 Å². The van der Waals surface area contributed by atoms with Gasteiger partial charge in [-0.3, -0.25) is 19.3 Å². The largest absolute Gasteiger partial charge is 0.343 e. The van der Waals surface area contributed by atoms with Gasteiger partial charge in [0.1, 0.15) is 0 Å². The molecule has 0 spiro atoms. The van der Waals surface area contributed by atoms with Gasteiger partial charge in [-0.2, -0.15) is 0 Å². The molecule has 1 saturated heterocycles. The van der Waals surface area contributed by atoms with Gasteiger partial charge in [0, 0.05) is 44.5 Å². The van der Waals surface area contributed by atoms with Crippen molar-refractivity contribution in [1.29, 1.82) is 0 Å². The first-order valence-electron chi connectivity index (χ1n) is 9.63. The van der Waals surface area contributed by atoms with Gasteiger partial charge in [-0.1, -0.05) is 6.07 Å². The van der Waals surface area contributed by atoms with Crippen molar-refractivity contribution < 1.29 is 14.4 Å². The fourth-order valence-electron chi connectivity index (χ4n) is 3.36. The summed E-state index contributed by atoms with van der Waals surface area (Å²) in [7, 11) is 1.84. The van der Waals surface area contributed by atoms with Crippen molar-refractivity contribution in [2.75, 3.05) is 37.3 Å². The van der Waals surface area contributed by atoms with Crippen molar-refractivity contribution in [1.82, 2.24) is 9.80 Å². The van der Waals surface area contributed by atoms with Gasteiger partial charge in [0.15, 0.2) is 0 Å². The summed E-state index contributed by atoms with van der Waals surface area (Å²) in [6.45, 7) is 3.50. The molecule has 2 N–H and O–H groups in total. The van der Waals surface area contributed by atoms with E-state index in [1.165, 1.54) is 11.3 Å². The van der Waals surface area contributed by atoms with Crippen molar-refractivity contribution in [3.05, 3.63) is 46.7 Å². The monoisotopic (exact) mass is 414 g/mol. The first-order valence-corrected chi connectivity index (χ1v) is 10.5. The molecule has 29 heavy (non-hydrogen) atoms. The molecule has 0 saturated carbocycles. The molecular weight excluding hydrogens is 388 g/mol. The number of nitrogens with one attached hydrogen (secondary N) is 2. The Labute approximate surface area is 174 Å². The Hall–Kier alpha value is -2.71. The van der Waals surface area contributed by atoms with Crippen LogP contribution < -0.4 is 10.6 Å². The minimum absolute atomic E-state index is 0.0706. The van der Waals surface area contributed by atoms with Gasteiger partial charge in [-0.05, 0) is 48.6 Å². The molecule has 3 rings (SSSR count). The summed E-state index contributed by atoms with van der Waals surface area (Å²) in [6.07, 6.45) is 1.75. The molecule has 0 aliphatic carbocycles. The zero-order valence-electron chi connectivity index (χ0n) is 16.7. The lowest BCUT2D eigenvalue weighted by molar-refractivity contribution is -0.130. The summed E-state index contributed by atoms with van der Waals surface area (Å²) < 4.78 is 0. The van der Waals surface area contributed by atoms with Crippen molar-refractivity contribution in [3.8, 4) is 0 Å². The van der Waals surface area contributed by atoms with E-state index in [1.54, 1.807) is 42.2 Å². The summed E-state index contributed by atoms with van der Waals surface area (Å²) in [6, 6.07) is 10.9. The highest BCUT2D eigenvalue weighted by atomic mass is 32.1. The van der Waals surface area contributed by atoms with Gasteiger partial charge in [0.05, 0.1) is 11.4 Å². The quantitative estimate of drug-likeness (QED) is 0.762.